The Hall–Kier alpha value is -11.4. The summed E-state index contributed by atoms with van der Waals surface area (Å²) in [5.74, 6) is 0.306. The van der Waals surface area contributed by atoms with Crippen molar-refractivity contribution in [2.75, 3.05) is 37.2 Å². The molecule has 1 amide bonds. The van der Waals surface area contributed by atoms with E-state index >= 15 is 0 Å². The zero-order valence-electron chi connectivity index (χ0n) is 53.9. The highest BCUT2D eigenvalue weighted by Crippen LogP contribution is 2.33. The maximum absolute atomic E-state index is 13.2. The molecule has 16 rings (SSSR count). The number of carbonyl (C=O) groups is 2. The molecule has 98 heavy (non-hydrogen) atoms. The van der Waals surface area contributed by atoms with Crippen molar-refractivity contribution >= 4 is 77.7 Å². The summed E-state index contributed by atoms with van der Waals surface area (Å²) in [4.78, 5) is 71.1. The van der Waals surface area contributed by atoms with Crippen molar-refractivity contribution < 1.29 is 18.4 Å². The van der Waals surface area contributed by atoms with Crippen LogP contribution in [-0.2, 0) is 39.0 Å². The molecule has 25 heteroatoms. The standard InChI is InChI=1S/C33H30N8O3.C23H26N8.C17H9NO3S2/c1-21-15-27(28(16-22(21)2)35-33(43)31-17-29(42)26-5-3-4-6-30(26)44-31)32-36-38-41(37-32)24-9-7-23(8-10-24)11-12-39-13-14-40-20-34-18-25(40)19-39;1-16-11-21(22(24)12-17(16)2)23-26-28-31(27-23)19-5-3-18(4-6-19)7-8-29-9-10-30-15-25-13-20(30)14-29;19-12-9-14(21-13-7-3-1-5-10(12)13)16(20)23-17-18-11-6-2-4-8-15(11)22-17/h3-10,15-18,20H,11-14,19H2,1-2H3,(H,35,43);3-6,11-13,15H,7-10,14,24H2,1-2H3;1-9H. The van der Waals surface area contributed by atoms with Crippen LogP contribution in [0.1, 0.15) is 65.9 Å². The van der Waals surface area contributed by atoms with Crippen LogP contribution >= 0.6 is 23.1 Å². The Kier molecular flexibility index (Phi) is 18.4. The number of benzene rings is 7. The van der Waals surface area contributed by atoms with E-state index in [2.05, 4.69) is 101 Å². The van der Waals surface area contributed by atoms with Gasteiger partial charge in [0.05, 0.1) is 62.1 Å². The molecular formula is C73H65N17O6S2. The maximum Gasteiger partial charge on any atom is 0.291 e. The summed E-state index contributed by atoms with van der Waals surface area (Å²) in [5, 5.41) is 29.7. The SMILES string of the molecule is Cc1cc(N)c(-c2nnn(-c3ccc(CCN4CCn5cncc5C4)cc3)n2)cc1C.Cc1cc(NC(=O)c2cc(=O)c3ccccc3o2)c(-c2nnn(-c3ccc(CCN4CCn5cncc5C4)cc3)n2)cc1C.O=C(Sc1nc2ccccc2s1)c1cc(=O)c2ccccc2o1. The molecule has 3 N–H and O–H groups in total. The molecule has 23 nitrogen and oxygen atoms in total. The van der Waals surface area contributed by atoms with E-state index in [-0.39, 0.29) is 27.5 Å². The lowest BCUT2D eigenvalue weighted by atomic mass is 10.0. The minimum atomic E-state index is -0.546. The van der Waals surface area contributed by atoms with Gasteiger partial charge in [-0.25, -0.2) is 15.0 Å². The Morgan fingerprint density at radius 3 is 1.65 bits per heavy atom. The van der Waals surface area contributed by atoms with Crippen molar-refractivity contribution in [1.82, 2.24) is 74.3 Å². The molecule has 0 saturated heterocycles. The summed E-state index contributed by atoms with van der Waals surface area (Å²) in [6.45, 7) is 16.0. The van der Waals surface area contributed by atoms with Gasteiger partial charge in [0.1, 0.15) is 11.2 Å². The number of nitrogens with zero attached hydrogens (tertiary/aromatic N) is 15. The number of thioether (sulfide) groups is 1. The second-order valence-electron chi connectivity index (χ2n) is 24.1. The number of fused-ring (bicyclic) bond motifs is 5. The predicted molar refractivity (Wildman–Crippen MR) is 378 cm³/mol. The number of aryl methyl sites for hydroxylation is 4. The van der Waals surface area contributed by atoms with E-state index in [1.54, 1.807) is 53.3 Å². The Balaban J connectivity index is 0.000000133. The van der Waals surface area contributed by atoms with Gasteiger partial charge in [-0.15, -0.1) is 41.3 Å². The number of nitrogen functional groups attached to an aromatic ring is 1. The van der Waals surface area contributed by atoms with Crippen molar-refractivity contribution in [3.8, 4) is 34.2 Å². The van der Waals surface area contributed by atoms with Crippen molar-refractivity contribution in [2.45, 2.75) is 71.1 Å². The molecule has 0 atom stereocenters. The number of rotatable bonds is 14. The van der Waals surface area contributed by atoms with Gasteiger partial charge in [-0.1, -0.05) is 60.7 Å². The number of carbonyl (C=O) groups excluding carboxylic acids is 2. The molecule has 0 bridgehead atoms. The van der Waals surface area contributed by atoms with Gasteiger partial charge in [-0.05, 0) is 181 Å². The Morgan fingerprint density at radius 1 is 0.571 bits per heavy atom. The van der Waals surface area contributed by atoms with E-state index in [0.717, 1.165) is 126 Å². The number of hydrogen-bond donors (Lipinski definition) is 2. The first-order valence-electron chi connectivity index (χ1n) is 31.8. The minimum absolute atomic E-state index is 0.0398. The van der Waals surface area contributed by atoms with Gasteiger partial charge in [0.25, 0.3) is 11.0 Å². The third-order valence-electron chi connectivity index (χ3n) is 17.5. The molecule has 0 fully saturated rings. The van der Waals surface area contributed by atoms with E-state index < -0.39 is 5.91 Å². The molecule has 9 heterocycles. The fraction of sp³-hybridized carbons (Fsp3) is 0.192. The number of nitrogens with two attached hydrogens (primary N) is 1. The monoisotopic (exact) mass is 1340 g/mol. The summed E-state index contributed by atoms with van der Waals surface area (Å²) < 4.78 is 17.4. The number of anilines is 2. The number of nitrogens with one attached hydrogen (secondary N) is 1. The van der Waals surface area contributed by atoms with Crippen LogP contribution in [0.15, 0.2) is 206 Å². The van der Waals surface area contributed by atoms with Gasteiger partial charge in [-0.3, -0.25) is 29.0 Å². The van der Waals surface area contributed by atoms with E-state index in [9.17, 15) is 19.2 Å². The molecule has 0 unspecified atom stereocenters. The minimum Gasteiger partial charge on any atom is -0.452 e. The number of imidazole rings is 2. The van der Waals surface area contributed by atoms with Crippen molar-refractivity contribution in [1.29, 1.82) is 0 Å². The summed E-state index contributed by atoms with van der Waals surface area (Å²) in [7, 11) is 0. The van der Waals surface area contributed by atoms with Crippen molar-refractivity contribution in [3.63, 3.8) is 0 Å². The molecule has 0 spiro atoms. The lowest BCUT2D eigenvalue weighted by molar-refractivity contribution is 0.0996. The number of aromatic nitrogens is 13. The Bertz CT molecular complexity index is 5370. The normalized spacial score (nSPS) is 13.0. The molecule has 2 aliphatic rings. The smallest absolute Gasteiger partial charge is 0.291 e. The highest BCUT2D eigenvalue weighted by molar-refractivity contribution is 8.15. The highest BCUT2D eigenvalue weighted by Gasteiger charge is 2.22. The van der Waals surface area contributed by atoms with Crippen LogP contribution in [0.5, 0.6) is 0 Å². The van der Waals surface area contributed by atoms with Gasteiger partial charge < -0.3 is 29.0 Å². The topological polar surface area (TPSA) is 275 Å². The lowest BCUT2D eigenvalue weighted by Gasteiger charge is -2.27. The van der Waals surface area contributed by atoms with Crippen LogP contribution in [0, 0.1) is 27.7 Å². The van der Waals surface area contributed by atoms with E-state index in [4.69, 9.17) is 14.6 Å². The van der Waals surface area contributed by atoms with Gasteiger partial charge in [0.15, 0.2) is 26.7 Å². The average Bonchev–Trinajstić information content (AvgIpc) is 1.01. The summed E-state index contributed by atoms with van der Waals surface area (Å²) in [5.41, 5.74) is 20.9. The van der Waals surface area contributed by atoms with Crippen LogP contribution in [0.25, 0.3) is 66.3 Å². The second-order valence-corrected chi connectivity index (χ2v) is 26.3. The summed E-state index contributed by atoms with van der Waals surface area (Å²) >= 11 is 2.41. The molecule has 14 aromatic rings. The lowest BCUT2D eigenvalue weighted by Crippen LogP contribution is -2.34. The van der Waals surface area contributed by atoms with Crippen molar-refractivity contribution in [2.24, 2.45) is 0 Å². The fourth-order valence-corrected chi connectivity index (χ4v) is 13.5. The maximum atomic E-state index is 13.2. The molecule has 0 aliphatic carbocycles. The number of thiazole rings is 1. The number of amides is 1. The molecule has 0 saturated carbocycles. The Labute approximate surface area is 569 Å². The molecule has 7 aromatic heterocycles. The molecule has 0 radical (unpaired) electrons. The quantitative estimate of drug-likeness (QED) is 0.0756. The molecule has 2 aliphatic heterocycles. The molecule has 7 aromatic carbocycles. The van der Waals surface area contributed by atoms with Crippen LogP contribution in [-0.4, -0.2) is 112 Å². The Morgan fingerprint density at radius 2 is 1.07 bits per heavy atom. The molecule has 490 valence electrons. The number of para-hydroxylation sites is 3. The van der Waals surface area contributed by atoms with E-state index in [1.165, 1.54) is 50.8 Å². The van der Waals surface area contributed by atoms with E-state index in [0.29, 0.717) is 54.9 Å². The van der Waals surface area contributed by atoms with E-state index in [1.807, 2.05) is 119 Å². The van der Waals surface area contributed by atoms with Gasteiger partial charge in [0.2, 0.25) is 11.6 Å². The largest absolute Gasteiger partial charge is 0.452 e. The summed E-state index contributed by atoms with van der Waals surface area (Å²) in [6, 6.07) is 48.1. The number of tetrazole rings is 2. The average molecular weight is 1340 g/mol. The van der Waals surface area contributed by atoms with Crippen LogP contribution in [0.4, 0.5) is 11.4 Å². The van der Waals surface area contributed by atoms with Crippen LogP contribution in [0.2, 0.25) is 0 Å². The third-order valence-corrected chi connectivity index (χ3v) is 19.4. The molecular weight excluding hydrogens is 1280 g/mol. The zero-order chi connectivity index (χ0) is 67.4. The van der Waals surface area contributed by atoms with Gasteiger partial charge in [0, 0.05) is 93.7 Å². The van der Waals surface area contributed by atoms with Crippen molar-refractivity contribution in [3.05, 3.63) is 260 Å². The van der Waals surface area contributed by atoms with Crippen LogP contribution < -0.4 is 21.9 Å². The first-order chi connectivity index (χ1) is 47.7. The third kappa shape index (κ3) is 14.3. The predicted octanol–water partition coefficient (Wildman–Crippen LogP) is 11.7. The zero-order valence-corrected chi connectivity index (χ0v) is 55.6. The van der Waals surface area contributed by atoms with Gasteiger partial charge in [-0.2, -0.15) is 0 Å². The highest BCUT2D eigenvalue weighted by atomic mass is 32.2. The first-order valence-corrected chi connectivity index (χ1v) is 33.5. The number of hydrogen-bond acceptors (Lipinski definition) is 20. The first kappa shape index (κ1) is 64.0. The second kappa shape index (κ2) is 28.1. The fourth-order valence-electron chi connectivity index (χ4n) is 11.7. The van der Waals surface area contributed by atoms with Crippen LogP contribution in [0.3, 0.4) is 0 Å². The van der Waals surface area contributed by atoms with Gasteiger partial charge >= 0.3 is 0 Å². The summed E-state index contributed by atoms with van der Waals surface area (Å²) in [6.07, 6.45) is 9.67.